The molecule has 0 bridgehead atoms. The molecule has 4 nitrogen and oxygen atoms in total. The van der Waals surface area contributed by atoms with Gasteiger partial charge in [0.1, 0.15) is 11.5 Å². The second-order valence-corrected chi connectivity index (χ2v) is 7.19. The summed E-state index contributed by atoms with van der Waals surface area (Å²) in [4.78, 5) is 0.0823. The van der Waals surface area contributed by atoms with Gasteiger partial charge in [-0.1, -0.05) is 0 Å². The Morgan fingerprint density at radius 3 is 1.95 bits per heavy atom. The summed E-state index contributed by atoms with van der Waals surface area (Å²) < 4.78 is 25.5. The third kappa shape index (κ3) is 2.61. The average Bonchev–Trinajstić information content (AvgIpc) is 2.39. The van der Waals surface area contributed by atoms with Crippen molar-refractivity contribution in [1.29, 1.82) is 0 Å². The molecule has 0 fully saturated rings. The van der Waals surface area contributed by atoms with Crippen molar-refractivity contribution in [3.8, 4) is 11.5 Å². The second kappa shape index (κ2) is 5.07. The van der Waals surface area contributed by atoms with Crippen LogP contribution in [0.3, 0.4) is 0 Å². The number of benzene rings is 2. The standard InChI is InChI=1S/C16H18O4S/c1-9-5-13(17)7-16(12(9)4)21(19,20)14-6-10(2)11(3)15(18)8-14/h5-8,17-18H,1-4H3. The van der Waals surface area contributed by atoms with E-state index in [9.17, 15) is 18.6 Å². The second-order valence-electron chi connectivity index (χ2n) is 5.27. The number of phenols is 2. The van der Waals surface area contributed by atoms with Crippen LogP contribution in [0.4, 0.5) is 0 Å². The van der Waals surface area contributed by atoms with Gasteiger partial charge in [0.2, 0.25) is 9.84 Å². The molecule has 2 N–H and O–H groups in total. The van der Waals surface area contributed by atoms with Crippen LogP contribution in [0.5, 0.6) is 11.5 Å². The lowest BCUT2D eigenvalue weighted by molar-refractivity contribution is 0.468. The Labute approximate surface area is 124 Å². The number of hydrogen-bond donors (Lipinski definition) is 2. The molecule has 0 aliphatic carbocycles. The Morgan fingerprint density at radius 2 is 1.38 bits per heavy atom. The Bertz CT molecular complexity index is 797. The van der Waals surface area contributed by atoms with Crippen molar-refractivity contribution in [1.82, 2.24) is 0 Å². The van der Waals surface area contributed by atoms with Crippen LogP contribution in [-0.2, 0) is 9.84 Å². The quantitative estimate of drug-likeness (QED) is 0.893. The summed E-state index contributed by atoms with van der Waals surface area (Å²) in [7, 11) is -3.80. The molecular formula is C16H18O4S. The van der Waals surface area contributed by atoms with Crippen molar-refractivity contribution in [3.63, 3.8) is 0 Å². The monoisotopic (exact) mass is 306 g/mol. The van der Waals surface area contributed by atoms with Crippen molar-refractivity contribution in [2.45, 2.75) is 37.5 Å². The van der Waals surface area contributed by atoms with E-state index in [1.807, 2.05) is 0 Å². The van der Waals surface area contributed by atoms with Gasteiger partial charge in [0.05, 0.1) is 9.79 Å². The molecule has 2 aromatic rings. The fourth-order valence-electron chi connectivity index (χ4n) is 2.18. The zero-order valence-electron chi connectivity index (χ0n) is 12.4. The van der Waals surface area contributed by atoms with Gasteiger partial charge in [0.15, 0.2) is 0 Å². The number of phenolic OH excluding ortho intramolecular Hbond substituents is 2. The van der Waals surface area contributed by atoms with E-state index >= 15 is 0 Å². The Balaban J connectivity index is 2.74. The number of rotatable bonds is 2. The Morgan fingerprint density at radius 1 is 0.810 bits per heavy atom. The molecule has 0 spiro atoms. The summed E-state index contributed by atoms with van der Waals surface area (Å²) in [6.45, 7) is 6.91. The van der Waals surface area contributed by atoms with E-state index in [1.54, 1.807) is 27.7 Å². The lowest BCUT2D eigenvalue weighted by Crippen LogP contribution is -2.06. The topological polar surface area (TPSA) is 74.6 Å². The van der Waals surface area contributed by atoms with Gasteiger partial charge >= 0.3 is 0 Å². The molecule has 0 aliphatic rings. The summed E-state index contributed by atoms with van der Waals surface area (Å²) in [5.41, 5.74) is 2.63. The number of sulfone groups is 1. The molecule has 0 heterocycles. The highest BCUT2D eigenvalue weighted by molar-refractivity contribution is 7.91. The van der Waals surface area contributed by atoms with Gasteiger partial charge in [-0.2, -0.15) is 0 Å². The van der Waals surface area contributed by atoms with E-state index in [1.165, 1.54) is 24.3 Å². The third-order valence-corrected chi connectivity index (χ3v) is 5.68. The van der Waals surface area contributed by atoms with E-state index in [2.05, 4.69) is 0 Å². The lowest BCUT2D eigenvalue weighted by atomic mass is 10.1. The van der Waals surface area contributed by atoms with Crippen LogP contribution in [-0.4, -0.2) is 18.6 Å². The summed E-state index contributed by atoms with van der Waals surface area (Å²) in [6, 6.07) is 5.54. The first-order chi connectivity index (χ1) is 9.64. The first-order valence-electron chi connectivity index (χ1n) is 6.50. The molecule has 5 heteroatoms. The smallest absolute Gasteiger partial charge is 0.207 e. The van der Waals surface area contributed by atoms with Crippen LogP contribution in [0.15, 0.2) is 34.1 Å². The average molecular weight is 306 g/mol. The largest absolute Gasteiger partial charge is 0.508 e. The minimum atomic E-state index is -3.80. The highest BCUT2D eigenvalue weighted by atomic mass is 32.2. The van der Waals surface area contributed by atoms with Crippen molar-refractivity contribution >= 4 is 9.84 Å². The molecule has 0 aromatic heterocycles. The zero-order chi connectivity index (χ0) is 15.9. The van der Waals surface area contributed by atoms with Crippen LogP contribution in [0.2, 0.25) is 0 Å². The fourth-order valence-corrected chi connectivity index (χ4v) is 3.87. The molecule has 0 amide bonds. The predicted octanol–water partition coefficient (Wildman–Crippen LogP) is 3.16. The number of hydrogen-bond acceptors (Lipinski definition) is 4. The maximum atomic E-state index is 12.8. The highest BCUT2D eigenvalue weighted by Gasteiger charge is 2.23. The maximum Gasteiger partial charge on any atom is 0.207 e. The van der Waals surface area contributed by atoms with E-state index in [0.717, 1.165) is 0 Å². The van der Waals surface area contributed by atoms with Crippen LogP contribution in [0.25, 0.3) is 0 Å². The lowest BCUT2D eigenvalue weighted by Gasteiger charge is -2.13. The molecule has 2 aromatic carbocycles. The summed E-state index contributed by atoms with van der Waals surface area (Å²) in [5.74, 6) is -0.146. The van der Waals surface area contributed by atoms with E-state index < -0.39 is 9.84 Å². The molecule has 0 radical (unpaired) electrons. The van der Waals surface area contributed by atoms with Gasteiger partial charge in [-0.05, 0) is 74.2 Å². The molecule has 0 saturated heterocycles. The molecule has 0 saturated carbocycles. The minimum absolute atomic E-state index is 0.0243. The molecule has 2 rings (SSSR count). The Hall–Kier alpha value is -2.01. The van der Waals surface area contributed by atoms with Gasteiger partial charge in [0, 0.05) is 0 Å². The first kappa shape index (κ1) is 15.4. The van der Waals surface area contributed by atoms with Gasteiger partial charge in [-0.15, -0.1) is 0 Å². The molecule has 0 aliphatic heterocycles. The van der Waals surface area contributed by atoms with Crippen molar-refractivity contribution < 1.29 is 18.6 Å². The molecular weight excluding hydrogens is 288 g/mol. The van der Waals surface area contributed by atoms with Crippen LogP contribution >= 0.6 is 0 Å². The van der Waals surface area contributed by atoms with Crippen molar-refractivity contribution in [3.05, 3.63) is 46.5 Å². The predicted molar refractivity (Wildman–Crippen MR) is 80.6 cm³/mol. The van der Waals surface area contributed by atoms with E-state index in [4.69, 9.17) is 0 Å². The number of aromatic hydroxyl groups is 2. The van der Waals surface area contributed by atoms with E-state index in [-0.39, 0.29) is 21.3 Å². The fraction of sp³-hybridized carbons (Fsp3) is 0.250. The normalized spacial score (nSPS) is 11.6. The summed E-state index contributed by atoms with van der Waals surface area (Å²) in [6.07, 6.45) is 0. The molecule has 0 unspecified atom stereocenters. The summed E-state index contributed by atoms with van der Waals surface area (Å²) >= 11 is 0. The van der Waals surface area contributed by atoms with Crippen LogP contribution in [0, 0.1) is 27.7 Å². The number of aryl methyl sites for hydroxylation is 2. The zero-order valence-corrected chi connectivity index (χ0v) is 13.2. The molecule has 112 valence electrons. The van der Waals surface area contributed by atoms with Gasteiger partial charge in [-0.25, -0.2) is 8.42 Å². The van der Waals surface area contributed by atoms with Crippen molar-refractivity contribution in [2.75, 3.05) is 0 Å². The van der Waals surface area contributed by atoms with Gasteiger partial charge in [0.25, 0.3) is 0 Å². The van der Waals surface area contributed by atoms with Crippen LogP contribution < -0.4 is 0 Å². The summed E-state index contributed by atoms with van der Waals surface area (Å²) in [5, 5.41) is 19.5. The Kier molecular flexibility index (Phi) is 3.72. The molecule has 21 heavy (non-hydrogen) atoms. The SMILES string of the molecule is Cc1cc(S(=O)(=O)c2cc(O)cc(C)c2C)cc(O)c1C. The first-order valence-corrected chi connectivity index (χ1v) is 7.98. The van der Waals surface area contributed by atoms with Crippen molar-refractivity contribution in [2.24, 2.45) is 0 Å². The van der Waals surface area contributed by atoms with E-state index in [0.29, 0.717) is 22.3 Å². The maximum absolute atomic E-state index is 12.8. The van der Waals surface area contributed by atoms with Gasteiger partial charge in [-0.3, -0.25) is 0 Å². The third-order valence-electron chi connectivity index (χ3n) is 3.82. The minimum Gasteiger partial charge on any atom is -0.508 e. The highest BCUT2D eigenvalue weighted by Crippen LogP contribution is 2.32. The molecule has 0 atom stereocenters. The van der Waals surface area contributed by atoms with Gasteiger partial charge < -0.3 is 10.2 Å². The van der Waals surface area contributed by atoms with Crippen LogP contribution in [0.1, 0.15) is 22.3 Å².